The van der Waals surface area contributed by atoms with E-state index in [0.717, 1.165) is 18.3 Å². The Labute approximate surface area is 103 Å². The maximum atomic E-state index is 4.18. The smallest absolute Gasteiger partial charge is 0.168 e. The number of aromatic nitrogens is 4. The van der Waals surface area contributed by atoms with Gasteiger partial charge in [0, 0.05) is 0 Å². The number of nitrogens with zero attached hydrogens (tertiary/aromatic N) is 4. The van der Waals surface area contributed by atoms with Crippen molar-refractivity contribution in [3.05, 3.63) is 5.82 Å². The summed E-state index contributed by atoms with van der Waals surface area (Å²) < 4.78 is 2.02. The maximum absolute atomic E-state index is 4.18. The van der Waals surface area contributed by atoms with Gasteiger partial charge in [-0.2, -0.15) is 0 Å². The van der Waals surface area contributed by atoms with E-state index in [1.54, 1.807) is 0 Å². The molecule has 0 aliphatic heterocycles. The van der Waals surface area contributed by atoms with Crippen LogP contribution in [0, 0.1) is 5.92 Å². The van der Waals surface area contributed by atoms with E-state index in [4.69, 9.17) is 0 Å². The van der Waals surface area contributed by atoms with E-state index in [-0.39, 0.29) is 6.04 Å². The van der Waals surface area contributed by atoms with Gasteiger partial charge in [-0.1, -0.05) is 19.8 Å². The third-order valence-corrected chi connectivity index (χ3v) is 3.88. The van der Waals surface area contributed by atoms with Crippen molar-refractivity contribution in [1.29, 1.82) is 0 Å². The zero-order valence-electron chi connectivity index (χ0n) is 11.1. The third kappa shape index (κ3) is 2.65. The van der Waals surface area contributed by atoms with Gasteiger partial charge in [0.2, 0.25) is 0 Å². The average Bonchev–Trinajstić information content (AvgIpc) is 3.00. The first-order valence-electron chi connectivity index (χ1n) is 6.75. The number of tetrazole rings is 1. The maximum Gasteiger partial charge on any atom is 0.168 e. The molecule has 0 bridgehead atoms. The van der Waals surface area contributed by atoms with Crippen LogP contribution in [0.3, 0.4) is 0 Å². The molecule has 0 amide bonds. The van der Waals surface area contributed by atoms with Gasteiger partial charge in [0.05, 0.1) is 12.1 Å². The minimum absolute atomic E-state index is 0.221. The molecule has 0 radical (unpaired) electrons. The number of rotatable bonds is 5. The Kier molecular flexibility index (Phi) is 4.10. The molecule has 17 heavy (non-hydrogen) atoms. The van der Waals surface area contributed by atoms with Crippen LogP contribution >= 0.6 is 0 Å². The molecule has 0 aromatic carbocycles. The minimum Gasteiger partial charge on any atom is -0.308 e. The fourth-order valence-electron chi connectivity index (χ4n) is 2.81. The second-order valence-corrected chi connectivity index (χ2v) is 5.05. The van der Waals surface area contributed by atoms with Gasteiger partial charge in [-0.3, -0.25) is 0 Å². The van der Waals surface area contributed by atoms with Crippen molar-refractivity contribution in [2.24, 2.45) is 5.92 Å². The highest BCUT2D eigenvalue weighted by Gasteiger charge is 2.26. The normalized spacial score (nSPS) is 20.6. The number of hydrogen-bond donors (Lipinski definition) is 1. The zero-order valence-corrected chi connectivity index (χ0v) is 11.1. The molecule has 1 aromatic rings. The summed E-state index contributed by atoms with van der Waals surface area (Å²) in [5.41, 5.74) is 0. The molecular formula is C12H23N5. The van der Waals surface area contributed by atoms with Gasteiger partial charge in [-0.15, -0.1) is 5.10 Å². The Balaban J connectivity index is 2.11. The molecule has 1 aromatic heterocycles. The largest absolute Gasteiger partial charge is 0.308 e. The standard InChI is InChI=1S/C12H23N5/c1-4-13-9(2)12-14-15-16-17(12)10(3)11-7-5-6-8-11/h9-11,13H,4-8H2,1-3H3. The van der Waals surface area contributed by atoms with Crippen molar-refractivity contribution in [2.45, 2.75) is 58.5 Å². The predicted octanol–water partition coefficient (Wildman–Crippen LogP) is 2.09. The molecule has 2 unspecified atom stereocenters. The quantitative estimate of drug-likeness (QED) is 0.852. The van der Waals surface area contributed by atoms with Gasteiger partial charge < -0.3 is 5.32 Å². The molecule has 96 valence electrons. The van der Waals surface area contributed by atoms with Gasteiger partial charge >= 0.3 is 0 Å². The van der Waals surface area contributed by atoms with Gasteiger partial charge in [0.25, 0.3) is 0 Å². The van der Waals surface area contributed by atoms with Crippen LogP contribution in [0.2, 0.25) is 0 Å². The Morgan fingerprint density at radius 1 is 1.35 bits per heavy atom. The van der Waals surface area contributed by atoms with Crippen LogP contribution in [0.25, 0.3) is 0 Å². The summed E-state index contributed by atoms with van der Waals surface area (Å²) >= 11 is 0. The molecule has 1 aliphatic rings. The summed E-state index contributed by atoms with van der Waals surface area (Å²) in [7, 11) is 0. The Hall–Kier alpha value is -0.970. The summed E-state index contributed by atoms with van der Waals surface area (Å²) in [6, 6.07) is 0.641. The molecule has 1 aliphatic carbocycles. The van der Waals surface area contributed by atoms with Crippen LogP contribution in [-0.2, 0) is 0 Å². The molecule has 2 rings (SSSR count). The summed E-state index contributed by atoms with van der Waals surface area (Å²) in [6.07, 6.45) is 5.34. The summed E-state index contributed by atoms with van der Waals surface area (Å²) in [5.74, 6) is 1.71. The Morgan fingerprint density at radius 3 is 2.71 bits per heavy atom. The first kappa shape index (κ1) is 12.5. The van der Waals surface area contributed by atoms with E-state index in [1.165, 1.54) is 25.7 Å². The summed E-state index contributed by atoms with van der Waals surface area (Å²) in [5, 5.41) is 15.6. The first-order chi connectivity index (χ1) is 8.24. The predicted molar refractivity (Wildman–Crippen MR) is 66.6 cm³/mol. The summed E-state index contributed by atoms with van der Waals surface area (Å²) in [4.78, 5) is 0. The van der Waals surface area contributed by atoms with Crippen LogP contribution < -0.4 is 5.32 Å². The fraction of sp³-hybridized carbons (Fsp3) is 0.917. The van der Waals surface area contributed by atoms with Crippen LogP contribution in [-0.4, -0.2) is 26.8 Å². The third-order valence-electron chi connectivity index (χ3n) is 3.88. The number of nitrogens with one attached hydrogen (secondary N) is 1. The topological polar surface area (TPSA) is 55.6 Å². The highest BCUT2D eigenvalue weighted by Crippen LogP contribution is 2.34. The molecule has 1 heterocycles. The Bertz CT molecular complexity index is 342. The lowest BCUT2D eigenvalue weighted by atomic mass is 10.00. The minimum atomic E-state index is 0.221. The lowest BCUT2D eigenvalue weighted by Crippen LogP contribution is -2.25. The Morgan fingerprint density at radius 2 is 2.06 bits per heavy atom. The van der Waals surface area contributed by atoms with Crippen molar-refractivity contribution in [3.8, 4) is 0 Å². The monoisotopic (exact) mass is 237 g/mol. The molecule has 1 fully saturated rings. The lowest BCUT2D eigenvalue weighted by molar-refractivity contribution is 0.313. The number of hydrogen-bond acceptors (Lipinski definition) is 4. The molecule has 1 saturated carbocycles. The van der Waals surface area contributed by atoms with Crippen molar-refractivity contribution in [3.63, 3.8) is 0 Å². The molecule has 0 spiro atoms. The van der Waals surface area contributed by atoms with Crippen LogP contribution in [0.4, 0.5) is 0 Å². The van der Waals surface area contributed by atoms with E-state index >= 15 is 0 Å². The van der Waals surface area contributed by atoms with Crippen molar-refractivity contribution < 1.29 is 0 Å². The fourth-order valence-corrected chi connectivity index (χ4v) is 2.81. The second kappa shape index (κ2) is 5.58. The first-order valence-corrected chi connectivity index (χ1v) is 6.75. The lowest BCUT2D eigenvalue weighted by Gasteiger charge is -2.21. The molecule has 5 nitrogen and oxygen atoms in total. The van der Waals surface area contributed by atoms with E-state index < -0.39 is 0 Å². The van der Waals surface area contributed by atoms with E-state index in [2.05, 4.69) is 41.6 Å². The van der Waals surface area contributed by atoms with Crippen LogP contribution in [0.5, 0.6) is 0 Å². The van der Waals surface area contributed by atoms with Gasteiger partial charge in [0.1, 0.15) is 0 Å². The van der Waals surface area contributed by atoms with Crippen molar-refractivity contribution in [1.82, 2.24) is 25.5 Å². The molecule has 0 saturated heterocycles. The molecule has 2 atom stereocenters. The summed E-state index contributed by atoms with van der Waals surface area (Å²) in [6.45, 7) is 7.40. The van der Waals surface area contributed by atoms with Gasteiger partial charge in [-0.25, -0.2) is 4.68 Å². The average molecular weight is 237 g/mol. The molecular weight excluding hydrogens is 214 g/mol. The van der Waals surface area contributed by atoms with Crippen molar-refractivity contribution in [2.75, 3.05) is 6.54 Å². The molecule has 5 heteroatoms. The van der Waals surface area contributed by atoms with E-state index in [0.29, 0.717) is 6.04 Å². The SMILES string of the molecule is CCNC(C)c1nnnn1C(C)C1CCCC1. The van der Waals surface area contributed by atoms with Crippen molar-refractivity contribution >= 4 is 0 Å². The van der Waals surface area contributed by atoms with Crippen LogP contribution in [0.1, 0.15) is 64.4 Å². The second-order valence-electron chi connectivity index (χ2n) is 5.05. The van der Waals surface area contributed by atoms with E-state index in [9.17, 15) is 0 Å². The highest BCUT2D eigenvalue weighted by molar-refractivity contribution is 4.93. The zero-order chi connectivity index (χ0) is 12.3. The van der Waals surface area contributed by atoms with Gasteiger partial charge in [0.15, 0.2) is 5.82 Å². The van der Waals surface area contributed by atoms with E-state index in [1.807, 2.05) is 4.68 Å². The van der Waals surface area contributed by atoms with Gasteiger partial charge in [-0.05, 0) is 49.6 Å². The molecule has 1 N–H and O–H groups in total. The highest BCUT2D eigenvalue weighted by atomic mass is 15.6. The van der Waals surface area contributed by atoms with Crippen LogP contribution in [0.15, 0.2) is 0 Å².